The molecular weight excluding hydrogens is 251 g/mol. The maximum atomic E-state index is 12.8. The number of hydrazine groups is 1. The second-order valence-electron chi connectivity index (χ2n) is 5.33. The number of carbonyl (C=O) groups excluding carboxylic acids is 1. The standard InChI is InChI=1S/C13H13FN2O3/c1-13(2,3)12-11(17)10(15(18)16(12)19)8-4-6-9(14)7-5-8/h4-7H,1-3H3. The summed E-state index contributed by atoms with van der Waals surface area (Å²) in [5.74, 6) is -1.10. The summed E-state index contributed by atoms with van der Waals surface area (Å²) in [6.45, 7) is 5.02. The van der Waals surface area contributed by atoms with Crippen molar-refractivity contribution in [3.63, 3.8) is 0 Å². The van der Waals surface area contributed by atoms with E-state index in [4.69, 9.17) is 0 Å². The van der Waals surface area contributed by atoms with Gasteiger partial charge in [-0.15, -0.1) is 0 Å². The number of hydrogen-bond donors (Lipinski definition) is 0. The number of benzene rings is 1. The molecule has 0 N–H and O–H groups in total. The SMILES string of the molecule is CC(C)(C)C1=[N+]([O-])[N+]([O-])=C(c2ccc(F)cc2)C1=O. The van der Waals surface area contributed by atoms with E-state index in [0.717, 1.165) is 12.1 Å². The molecule has 0 spiro atoms. The first-order valence-corrected chi connectivity index (χ1v) is 5.73. The molecule has 0 fully saturated rings. The quantitative estimate of drug-likeness (QED) is 0.571. The fourth-order valence-electron chi connectivity index (χ4n) is 1.94. The summed E-state index contributed by atoms with van der Waals surface area (Å²) >= 11 is 0. The smallest absolute Gasteiger partial charge is 0.348 e. The van der Waals surface area contributed by atoms with Crippen molar-refractivity contribution in [3.05, 3.63) is 46.1 Å². The first kappa shape index (κ1) is 13.2. The van der Waals surface area contributed by atoms with Crippen LogP contribution in [0, 0.1) is 21.6 Å². The highest BCUT2D eigenvalue weighted by molar-refractivity contribution is 6.68. The topological polar surface area (TPSA) is 69.2 Å². The Morgan fingerprint density at radius 1 is 1.05 bits per heavy atom. The third kappa shape index (κ3) is 2.09. The monoisotopic (exact) mass is 264 g/mol. The molecule has 2 rings (SSSR count). The van der Waals surface area contributed by atoms with E-state index in [-0.39, 0.29) is 26.7 Å². The lowest BCUT2D eigenvalue weighted by atomic mass is 9.85. The molecule has 1 aliphatic rings. The van der Waals surface area contributed by atoms with Gasteiger partial charge in [0.2, 0.25) is 0 Å². The molecule has 1 aromatic carbocycles. The molecule has 0 saturated carbocycles. The van der Waals surface area contributed by atoms with Gasteiger partial charge in [0.15, 0.2) is 0 Å². The number of Topliss-reactive ketones (excluding diaryl/α,β-unsaturated/α-hetero) is 1. The van der Waals surface area contributed by atoms with E-state index < -0.39 is 17.0 Å². The van der Waals surface area contributed by atoms with Crippen LogP contribution in [0.1, 0.15) is 26.3 Å². The molecule has 0 atom stereocenters. The molecule has 5 nitrogen and oxygen atoms in total. The summed E-state index contributed by atoms with van der Waals surface area (Å²) in [7, 11) is 0. The van der Waals surface area contributed by atoms with Gasteiger partial charge in [0, 0.05) is 0 Å². The molecule has 1 aromatic rings. The number of ketones is 1. The fraction of sp³-hybridized carbons (Fsp3) is 0.308. The van der Waals surface area contributed by atoms with E-state index in [1.807, 2.05) is 0 Å². The van der Waals surface area contributed by atoms with Crippen molar-refractivity contribution in [2.45, 2.75) is 20.8 Å². The van der Waals surface area contributed by atoms with Gasteiger partial charge in [-0.05, 0) is 45.0 Å². The Hall–Kier alpha value is -2.24. The Kier molecular flexibility index (Phi) is 2.88. The van der Waals surface area contributed by atoms with Crippen LogP contribution in [0.15, 0.2) is 24.3 Å². The van der Waals surface area contributed by atoms with Crippen LogP contribution in [0.25, 0.3) is 0 Å². The molecular formula is C13H13FN2O3. The molecule has 1 aliphatic heterocycles. The maximum absolute atomic E-state index is 12.8. The molecule has 0 amide bonds. The number of rotatable bonds is 1. The minimum Gasteiger partial charge on any atom is -0.561 e. The van der Waals surface area contributed by atoms with E-state index in [1.54, 1.807) is 20.8 Å². The summed E-state index contributed by atoms with van der Waals surface area (Å²) in [4.78, 5) is 12.3. The number of hydrogen-bond acceptors (Lipinski definition) is 3. The lowest BCUT2D eigenvalue weighted by molar-refractivity contribution is -1.05. The minimum atomic E-state index is -0.747. The average molecular weight is 264 g/mol. The number of halogens is 1. The third-order valence-electron chi connectivity index (χ3n) is 2.81. The van der Waals surface area contributed by atoms with E-state index in [2.05, 4.69) is 0 Å². The molecule has 0 radical (unpaired) electrons. The fourth-order valence-corrected chi connectivity index (χ4v) is 1.94. The van der Waals surface area contributed by atoms with Gasteiger partial charge in [-0.25, -0.2) is 4.39 Å². The van der Waals surface area contributed by atoms with Crippen molar-refractivity contribution in [2.75, 3.05) is 0 Å². The van der Waals surface area contributed by atoms with Crippen LogP contribution in [0.2, 0.25) is 0 Å². The Morgan fingerprint density at radius 2 is 1.58 bits per heavy atom. The summed E-state index contributed by atoms with van der Waals surface area (Å²) in [6.07, 6.45) is 0. The van der Waals surface area contributed by atoms with Crippen LogP contribution in [-0.4, -0.2) is 26.9 Å². The Labute approximate surface area is 109 Å². The lowest BCUT2D eigenvalue weighted by Crippen LogP contribution is -2.34. The third-order valence-corrected chi connectivity index (χ3v) is 2.81. The molecule has 0 bridgehead atoms. The highest BCUT2D eigenvalue weighted by Gasteiger charge is 2.50. The lowest BCUT2D eigenvalue weighted by Gasteiger charge is -2.11. The molecule has 0 aliphatic carbocycles. The van der Waals surface area contributed by atoms with Crippen molar-refractivity contribution < 1.29 is 18.9 Å². The number of hydrazone groups is 2. The normalized spacial score (nSPS) is 16.5. The van der Waals surface area contributed by atoms with E-state index in [1.165, 1.54) is 12.1 Å². The molecule has 6 heteroatoms. The van der Waals surface area contributed by atoms with Crippen LogP contribution < -0.4 is 0 Å². The summed E-state index contributed by atoms with van der Waals surface area (Å²) in [5, 5.41) is 23.6. The molecule has 19 heavy (non-hydrogen) atoms. The predicted octanol–water partition coefficient (Wildman–Crippen LogP) is 1.62. The van der Waals surface area contributed by atoms with Crippen molar-refractivity contribution in [1.29, 1.82) is 0 Å². The average Bonchev–Trinajstić information content (AvgIpc) is 2.51. The van der Waals surface area contributed by atoms with Crippen LogP contribution in [-0.2, 0) is 4.79 Å². The minimum absolute atomic E-state index is 0.0101. The summed E-state index contributed by atoms with van der Waals surface area (Å²) in [5.41, 5.74) is -0.924. The van der Waals surface area contributed by atoms with E-state index in [0.29, 0.717) is 0 Å². The van der Waals surface area contributed by atoms with Gasteiger partial charge in [0.25, 0.3) is 0 Å². The van der Waals surface area contributed by atoms with Gasteiger partial charge in [-0.3, -0.25) is 4.79 Å². The van der Waals surface area contributed by atoms with Gasteiger partial charge < -0.3 is 10.4 Å². The van der Waals surface area contributed by atoms with Gasteiger partial charge >= 0.3 is 17.2 Å². The predicted molar refractivity (Wildman–Crippen MR) is 67.2 cm³/mol. The molecule has 0 aromatic heterocycles. The summed E-state index contributed by atoms with van der Waals surface area (Å²) in [6, 6.07) is 4.86. The molecule has 1 heterocycles. The first-order valence-electron chi connectivity index (χ1n) is 5.73. The Morgan fingerprint density at radius 3 is 2.00 bits per heavy atom. The van der Waals surface area contributed by atoms with E-state index in [9.17, 15) is 19.6 Å². The van der Waals surface area contributed by atoms with Gasteiger partial charge in [0.1, 0.15) is 5.82 Å². The second kappa shape index (κ2) is 4.15. The van der Waals surface area contributed by atoms with Crippen LogP contribution in [0.4, 0.5) is 4.39 Å². The maximum Gasteiger partial charge on any atom is 0.348 e. The number of nitrogens with zero attached hydrogens (tertiary/aromatic N) is 2. The van der Waals surface area contributed by atoms with Crippen LogP contribution in [0.5, 0.6) is 0 Å². The van der Waals surface area contributed by atoms with E-state index >= 15 is 0 Å². The highest BCUT2D eigenvalue weighted by Crippen LogP contribution is 2.21. The Balaban J connectivity index is 2.53. The Bertz CT molecular complexity index is 610. The molecule has 0 saturated heterocycles. The van der Waals surface area contributed by atoms with Crippen LogP contribution >= 0.6 is 0 Å². The largest absolute Gasteiger partial charge is 0.561 e. The van der Waals surface area contributed by atoms with Gasteiger partial charge in [-0.2, -0.15) is 0 Å². The zero-order valence-corrected chi connectivity index (χ0v) is 10.8. The first-order chi connectivity index (χ1) is 8.73. The van der Waals surface area contributed by atoms with Gasteiger partial charge in [0.05, 0.1) is 20.7 Å². The highest BCUT2D eigenvalue weighted by atomic mass is 19.1. The van der Waals surface area contributed by atoms with Crippen molar-refractivity contribution in [3.8, 4) is 0 Å². The molecule has 0 unspecified atom stereocenters. The van der Waals surface area contributed by atoms with Crippen molar-refractivity contribution in [2.24, 2.45) is 5.41 Å². The number of carbonyl (C=O) groups is 1. The van der Waals surface area contributed by atoms with Crippen LogP contribution in [0.3, 0.4) is 0 Å². The molecule has 100 valence electrons. The van der Waals surface area contributed by atoms with Gasteiger partial charge in [-0.1, -0.05) is 0 Å². The zero-order chi connectivity index (χ0) is 14.4. The van der Waals surface area contributed by atoms with Crippen molar-refractivity contribution >= 4 is 17.2 Å². The second-order valence-corrected chi connectivity index (χ2v) is 5.33. The van der Waals surface area contributed by atoms with Crippen molar-refractivity contribution in [1.82, 2.24) is 0 Å². The summed E-state index contributed by atoms with van der Waals surface area (Å²) < 4.78 is 12.8. The zero-order valence-electron chi connectivity index (χ0n) is 10.8.